The van der Waals surface area contributed by atoms with Crippen molar-refractivity contribution in [3.63, 3.8) is 0 Å². The molecule has 0 fully saturated rings. The monoisotopic (exact) mass is 240 g/mol. The van der Waals surface area contributed by atoms with E-state index in [2.05, 4.69) is 0 Å². The number of benzene rings is 1. The van der Waals surface area contributed by atoms with E-state index in [0.717, 1.165) is 28.4 Å². The average molecular weight is 240 g/mol. The van der Waals surface area contributed by atoms with Crippen LogP contribution in [0.25, 0.3) is 11.0 Å². The van der Waals surface area contributed by atoms with Gasteiger partial charge in [0.1, 0.15) is 5.58 Å². The summed E-state index contributed by atoms with van der Waals surface area (Å²) in [4.78, 5) is 0. The third-order valence-corrected chi connectivity index (χ3v) is 2.79. The van der Waals surface area contributed by atoms with Crippen molar-refractivity contribution < 1.29 is 17.0 Å². The average Bonchev–Trinajstić information content (AvgIpc) is 2.56. The van der Waals surface area contributed by atoms with E-state index < -0.39 is 10.1 Å². The van der Waals surface area contributed by atoms with Crippen molar-refractivity contribution in [2.45, 2.75) is 13.5 Å². The van der Waals surface area contributed by atoms with Crippen LogP contribution in [-0.4, -0.2) is 14.7 Å². The van der Waals surface area contributed by atoms with Gasteiger partial charge in [-0.2, -0.15) is 8.42 Å². The van der Waals surface area contributed by atoms with Gasteiger partial charge in [0.15, 0.2) is 0 Å². The molecule has 5 heteroatoms. The maximum Gasteiger partial charge on any atom is 0.264 e. The zero-order chi connectivity index (χ0) is 11.8. The Labute approximate surface area is 94.0 Å². The third kappa shape index (κ3) is 2.43. The Kier molecular flexibility index (Phi) is 2.73. The summed E-state index contributed by atoms with van der Waals surface area (Å²) in [7, 11) is -3.42. The fourth-order valence-corrected chi connectivity index (χ4v) is 1.81. The minimum atomic E-state index is -3.42. The molecule has 0 bridgehead atoms. The molecule has 2 aromatic rings. The van der Waals surface area contributed by atoms with Crippen LogP contribution in [0.1, 0.15) is 11.1 Å². The molecule has 0 saturated heterocycles. The lowest BCUT2D eigenvalue weighted by Crippen LogP contribution is -2.02. The first-order valence-electron chi connectivity index (χ1n) is 4.77. The molecule has 0 saturated carbocycles. The van der Waals surface area contributed by atoms with Crippen molar-refractivity contribution in [2.24, 2.45) is 0 Å². The maximum atomic E-state index is 10.9. The summed E-state index contributed by atoms with van der Waals surface area (Å²) < 4.78 is 31.8. The number of hydrogen-bond acceptors (Lipinski definition) is 4. The van der Waals surface area contributed by atoms with Crippen molar-refractivity contribution in [2.75, 3.05) is 6.26 Å². The van der Waals surface area contributed by atoms with Crippen LogP contribution in [0, 0.1) is 6.92 Å². The first kappa shape index (κ1) is 11.2. The molecular formula is C11H12O4S. The highest BCUT2D eigenvalue weighted by Gasteiger charge is 2.09. The molecule has 0 radical (unpaired) electrons. The van der Waals surface area contributed by atoms with Crippen LogP contribution in [0.3, 0.4) is 0 Å². The zero-order valence-corrected chi connectivity index (χ0v) is 9.87. The molecule has 16 heavy (non-hydrogen) atoms. The van der Waals surface area contributed by atoms with E-state index in [1.54, 1.807) is 0 Å². The van der Waals surface area contributed by atoms with Crippen LogP contribution >= 0.6 is 0 Å². The quantitative estimate of drug-likeness (QED) is 0.772. The highest BCUT2D eigenvalue weighted by atomic mass is 32.2. The molecule has 1 heterocycles. The zero-order valence-electron chi connectivity index (χ0n) is 9.06. The minimum Gasteiger partial charge on any atom is -0.464 e. The lowest BCUT2D eigenvalue weighted by atomic mass is 10.1. The van der Waals surface area contributed by atoms with Gasteiger partial charge in [-0.15, -0.1) is 0 Å². The fraction of sp³-hybridized carbons (Fsp3) is 0.273. The fourth-order valence-electron chi connectivity index (χ4n) is 1.47. The second kappa shape index (κ2) is 3.92. The SMILES string of the molecule is Cc1ccc2c(COS(C)(=O)=O)coc2c1. The molecule has 1 aromatic carbocycles. The minimum absolute atomic E-state index is 0.00882. The first-order valence-corrected chi connectivity index (χ1v) is 6.58. The largest absolute Gasteiger partial charge is 0.464 e. The molecule has 0 unspecified atom stereocenters. The second-order valence-corrected chi connectivity index (χ2v) is 5.37. The summed E-state index contributed by atoms with van der Waals surface area (Å²) in [5, 5.41) is 0.884. The summed E-state index contributed by atoms with van der Waals surface area (Å²) >= 11 is 0. The first-order chi connectivity index (χ1) is 7.46. The van der Waals surface area contributed by atoms with Crippen LogP contribution in [0.15, 0.2) is 28.9 Å². The predicted octanol–water partition coefficient (Wildman–Crippen LogP) is 2.22. The van der Waals surface area contributed by atoms with Gasteiger partial charge in [-0.25, -0.2) is 0 Å². The molecule has 0 amide bonds. The number of hydrogen-bond donors (Lipinski definition) is 0. The van der Waals surface area contributed by atoms with Gasteiger partial charge in [0.2, 0.25) is 0 Å². The van der Waals surface area contributed by atoms with Gasteiger partial charge < -0.3 is 4.42 Å². The Morgan fingerprint density at radius 2 is 2.12 bits per heavy atom. The molecule has 1 aromatic heterocycles. The van der Waals surface area contributed by atoms with Gasteiger partial charge in [0, 0.05) is 10.9 Å². The van der Waals surface area contributed by atoms with E-state index in [1.165, 1.54) is 6.26 Å². The molecular weight excluding hydrogens is 228 g/mol. The van der Waals surface area contributed by atoms with Crippen molar-refractivity contribution in [1.82, 2.24) is 0 Å². The van der Waals surface area contributed by atoms with E-state index in [0.29, 0.717) is 0 Å². The maximum absolute atomic E-state index is 10.9. The Balaban J connectivity index is 2.32. The summed E-state index contributed by atoms with van der Waals surface area (Å²) in [6.07, 6.45) is 2.55. The van der Waals surface area contributed by atoms with Crippen LogP contribution in [0.5, 0.6) is 0 Å². The number of furan rings is 1. The Morgan fingerprint density at radius 1 is 1.38 bits per heavy atom. The summed E-state index contributed by atoms with van der Waals surface area (Å²) in [6.45, 7) is 1.98. The van der Waals surface area contributed by atoms with Gasteiger partial charge in [0.05, 0.1) is 19.1 Å². The van der Waals surface area contributed by atoms with Crippen molar-refractivity contribution in [3.05, 3.63) is 35.6 Å². The Hall–Kier alpha value is -1.33. The molecule has 0 aliphatic carbocycles. The predicted molar refractivity (Wildman–Crippen MR) is 60.6 cm³/mol. The normalized spacial score (nSPS) is 12.1. The smallest absolute Gasteiger partial charge is 0.264 e. The highest BCUT2D eigenvalue weighted by Crippen LogP contribution is 2.23. The number of fused-ring (bicyclic) bond motifs is 1. The molecule has 0 spiro atoms. The third-order valence-electron chi connectivity index (χ3n) is 2.24. The lowest BCUT2D eigenvalue weighted by molar-refractivity contribution is 0.311. The van der Waals surface area contributed by atoms with Crippen molar-refractivity contribution in [3.8, 4) is 0 Å². The molecule has 0 aliphatic rings. The topological polar surface area (TPSA) is 56.5 Å². The van der Waals surface area contributed by atoms with E-state index in [-0.39, 0.29) is 6.61 Å². The van der Waals surface area contributed by atoms with Gasteiger partial charge in [-0.1, -0.05) is 12.1 Å². The number of rotatable bonds is 3. The molecule has 0 N–H and O–H groups in total. The van der Waals surface area contributed by atoms with Gasteiger partial charge in [0.25, 0.3) is 10.1 Å². The standard InChI is InChI=1S/C11H12O4S/c1-8-3-4-10-9(6-14-11(10)5-8)7-15-16(2,12)13/h3-6H,7H2,1-2H3. The van der Waals surface area contributed by atoms with Crippen LogP contribution in [-0.2, 0) is 20.9 Å². The second-order valence-electron chi connectivity index (χ2n) is 3.73. The van der Waals surface area contributed by atoms with Gasteiger partial charge in [-0.05, 0) is 18.6 Å². The molecule has 0 atom stereocenters. The van der Waals surface area contributed by atoms with E-state index in [4.69, 9.17) is 8.60 Å². The molecule has 86 valence electrons. The number of aryl methyl sites for hydroxylation is 1. The molecule has 2 rings (SSSR count). The van der Waals surface area contributed by atoms with Crippen LogP contribution < -0.4 is 0 Å². The van der Waals surface area contributed by atoms with Crippen LogP contribution in [0.4, 0.5) is 0 Å². The van der Waals surface area contributed by atoms with Gasteiger partial charge in [-0.3, -0.25) is 4.18 Å². The van der Waals surface area contributed by atoms with Crippen molar-refractivity contribution in [1.29, 1.82) is 0 Å². The van der Waals surface area contributed by atoms with E-state index in [1.807, 2.05) is 25.1 Å². The Bertz CT molecular complexity index is 610. The lowest BCUT2D eigenvalue weighted by Gasteiger charge is -1.99. The van der Waals surface area contributed by atoms with E-state index in [9.17, 15) is 8.42 Å². The summed E-state index contributed by atoms with van der Waals surface area (Å²) in [5.41, 5.74) is 2.57. The highest BCUT2D eigenvalue weighted by molar-refractivity contribution is 7.85. The van der Waals surface area contributed by atoms with Gasteiger partial charge >= 0.3 is 0 Å². The Morgan fingerprint density at radius 3 is 2.81 bits per heavy atom. The summed E-state index contributed by atoms with van der Waals surface area (Å²) in [6, 6.07) is 5.75. The van der Waals surface area contributed by atoms with Crippen molar-refractivity contribution >= 4 is 21.1 Å². The van der Waals surface area contributed by atoms with Crippen LogP contribution in [0.2, 0.25) is 0 Å². The van der Waals surface area contributed by atoms with E-state index >= 15 is 0 Å². The molecule has 0 aliphatic heterocycles. The summed E-state index contributed by atoms with van der Waals surface area (Å²) in [5.74, 6) is 0. The molecule has 4 nitrogen and oxygen atoms in total.